The van der Waals surface area contributed by atoms with Gasteiger partial charge in [-0.1, -0.05) is 36.4 Å². The standard InChI is InChI=1S/C29H30N2O4/c1-4-34-24-16-19-14-15-31-27(22(19)17-25(24)35-5-2)26(20-11-7-8-12-21(20)29(31)33)28(32)30-23-13-9-6-10-18(23)3/h6-13,16-17,26-27H,4-5,14-15H2,1-3H3,(H,30,32). The zero-order valence-electron chi connectivity index (χ0n) is 20.3. The van der Waals surface area contributed by atoms with Gasteiger partial charge in [0.1, 0.15) is 0 Å². The van der Waals surface area contributed by atoms with Crippen LogP contribution in [0.15, 0.2) is 60.7 Å². The lowest BCUT2D eigenvalue weighted by atomic mass is 9.75. The number of hydrogen-bond acceptors (Lipinski definition) is 4. The average molecular weight is 471 g/mol. The first-order valence-electron chi connectivity index (χ1n) is 12.2. The molecule has 2 aliphatic heterocycles. The van der Waals surface area contributed by atoms with Crippen LogP contribution in [-0.2, 0) is 11.2 Å². The quantitative estimate of drug-likeness (QED) is 0.533. The smallest absolute Gasteiger partial charge is 0.254 e. The van der Waals surface area contributed by atoms with Crippen molar-refractivity contribution in [3.05, 3.63) is 88.5 Å². The number of carbonyl (C=O) groups is 2. The molecule has 6 nitrogen and oxygen atoms in total. The SMILES string of the molecule is CCOc1cc2c(cc1OCC)C1C(C(=O)Nc3ccccc3C)c3ccccc3C(=O)N1CC2. The van der Waals surface area contributed by atoms with E-state index in [4.69, 9.17) is 9.47 Å². The summed E-state index contributed by atoms with van der Waals surface area (Å²) in [5.41, 5.74) is 5.13. The van der Waals surface area contributed by atoms with Crippen LogP contribution in [0.1, 0.15) is 58.4 Å². The summed E-state index contributed by atoms with van der Waals surface area (Å²) < 4.78 is 11.8. The summed E-state index contributed by atoms with van der Waals surface area (Å²) in [7, 11) is 0. The summed E-state index contributed by atoms with van der Waals surface area (Å²) >= 11 is 0. The summed E-state index contributed by atoms with van der Waals surface area (Å²) in [6, 6.07) is 18.8. The Labute approximate surface area is 205 Å². The predicted molar refractivity (Wildman–Crippen MR) is 135 cm³/mol. The molecule has 35 heavy (non-hydrogen) atoms. The zero-order valence-corrected chi connectivity index (χ0v) is 20.3. The number of aryl methyl sites for hydroxylation is 1. The molecule has 0 aromatic heterocycles. The Morgan fingerprint density at radius 3 is 2.40 bits per heavy atom. The first-order chi connectivity index (χ1) is 17.0. The van der Waals surface area contributed by atoms with Crippen molar-refractivity contribution in [1.29, 1.82) is 0 Å². The van der Waals surface area contributed by atoms with E-state index in [-0.39, 0.29) is 11.8 Å². The molecular weight excluding hydrogens is 440 g/mol. The zero-order chi connectivity index (χ0) is 24.5. The molecule has 5 rings (SSSR count). The first-order valence-corrected chi connectivity index (χ1v) is 12.2. The highest BCUT2D eigenvalue weighted by atomic mass is 16.5. The number of benzene rings is 3. The summed E-state index contributed by atoms with van der Waals surface area (Å²) in [5, 5.41) is 3.14. The van der Waals surface area contributed by atoms with Gasteiger partial charge < -0.3 is 19.7 Å². The fourth-order valence-corrected chi connectivity index (χ4v) is 5.28. The monoisotopic (exact) mass is 470 g/mol. The van der Waals surface area contributed by atoms with Crippen LogP contribution in [0.2, 0.25) is 0 Å². The second kappa shape index (κ2) is 9.45. The van der Waals surface area contributed by atoms with Gasteiger partial charge in [-0.05, 0) is 73.7 Å². The highest BCUT2D eigenvalue weighted by molar-refractivity contribution is 6.04. The normalized spacial score (nSPS) is 18.3. The maximum absolute atomic E-state index is 13.9. The Morgan fingerprint density at radius 1 is 0.971 bits per heavy atom. The maximum Gasteiger partial charge on any atom is 0.254 e. The van der Waals surface area contributed by atoms with E-state index in [1.54, 1.807) is 0 Å². The molecule has 0 radical (unpaired) electrons. The number of amides is 2. The maximum atomic E-state index is 13.9. The molecule has 0 fully saturated rings. The van der Waals surface area contributed by atoms with Gasteiger partial charge in [0, 0.05) is 17.8 Å². The summed E-state index contributed by atoms with van der Waals surface area (Å²) in [4.78, 5) is 29.3. The number of nitrogens with zero attached hydrogens (tertiary/aromatic N) is 1. The summed E-state index contributed by atoms with van der Waals surface area (Å²) in [6.07, 6.45) is 0.693. The Balaban J connectivity index is 1.65. The minimum absolute atomic E-state index is 0.0389. The van der Waals surface area contributed by atoms with Gasteiger partial charge in [0.2, 0.25) is 5.91 Å². The highest BCUT2D eigenvalue weighted by Gasteiger charge is 2.46. The van der Waals surface area contributed by atoms with Crippen LogP contribution >= 0.6 is 0 Å². The van der Waals surface area contributed by atoms with Gasteiger partial charge >= 0.3 is 0 Å². The van der Waals surface area contributed by atoms with Gasteiger partial charge in [-0.2, -0.15) is 0 Å². The highest BCUT2D eigenvalue weighted by Crippen LogP contribution is 2.48. The molecule has 0 saturated carbocycles. The van der Waals surface area contributed by atoms with Crippen molar-refractivity contribution in [1.82, 2.24) is 4.90 Å². The van der Waals surface area contributed by atoms with E-state index < -0.39 is 12.0 Å². The van der Waals surface area contributed by atoms with Gasteiger partial charge in [0.05, 0.1) is 25.2 Å². The van der Waals surface area contributed by atoms with Crippen molar-refractivity contribution in [2.45, 2.75) is 39.2 Å². The third-order valence-electron chi connectivity index (χ3n) is 6.87. The van der Waals surface area contributed by atoms with Crippen molar-refractivity contribution >= 4 is 17.5 Å². The van der Waals surface area contributed by atoms with Crippen LogP contribution in [0.3, 0.4) is 0 Å². The number of carbonyl (C=O) groups excluding carboxylic acids is 2. The lowest BCUT2D eigenvalue weighted by Gasteiger charge is -2.45. The minimum atomic E-state index is -0.560. The molecule has 2 heterocycles. The number of nitrogens with one attached hydrogen (secondary N) is 1. The molecule has 2 aliphatic rings. The van der Waals surface area contributed by atoms with E-state index in [1.807, 2.05) is 86.3 Å². The van der Waals surface area contributed by atoms with Crippen LogP contribution in [0, 0.1) is 6.92 Å². The van der Waals surface area contributed by atoms with Crippen molar-refractivity contribution in [3.8, 4) is 11.5 Å². The molecule has 2 unspecified atom stereocenters. The van der Waals surface area contributed by atoms with E-state index >= 15 is 0 Å². The lowest BCUT2D eigenvalue weighted by molar-refractivity contribution is -0.119. The van der Waals surface area contributed by atoms with Crippen molar-refractivity contribution in [3.63, 3.8) is 0 Å². The molecule has 0 saturated heterocycles. The lowest BCUT2D eigenvalue weighted by Crippen LogP contribution is -2.49. The van der Waals surface area contributed by atoms with Crippen LogP contribution in [0.25, 0.3) is 0 Å². The molecule has 180 valence electrons. The van der Waals surface area contributed by atoms with Crippen LogP contribution in [-0.4, -0.2) is 36.5 Å². The van der Waals surface area contributed by atoms with E-state index in [2.05, 4.69) is 5.32 Å². The number of rotatable bonds is 6. The van der Waals surface area contributed by atoms with Crippen molar-refractivity contribution < 1.29 is 19.1 Å². The van der Waals surface area contributed by atoms with Crippen LogP contribution in [0.5, 0.6) is 11.5 Å². The number of hydrogen-bond donors (Lipinski definition) is 1. The molecule has 3 aromatic rings. The average Bonchev–Trinajstić information content (AvgIpc) is 2.86. The van der Waals surface area contributed by atoms with E-state index in [0.717, 1.165) is 27.9 Å². The Kier molecular flexibility index (Phi) is 6.20. The Morgan fingerprint density at radius 2 is 1.66 bits per heavy atom. The largest absolute Gasteiger partial charge is 0.490 e. The van der Waals surface area contributed by atoms with E-state index in [1.165, 1.54) is 0 Å². The molecule has 0 spiro atoms. The van der Waals surface area contributed by atoms with E-state index in [9.17, 15) is 9.59 Å². The second-order valence-electron chi connectivity index (χ2n) is 8.93. The summed E-state index contributed by atoms with van der Waals surface area (Å²) in [5.74, 6) is 0.608. The molecule has 1 N–H and O–H groups in total. The number of ether oxygens (including phenoxy) is 2. The number of fused-ring (bicyclic) bond motifs is 4. The van der Waals surface area contributed by atoms with Crippen molar-refractivity contribution in [2.75, 3.05) is 25.1 Å². The van der Waals surface area contributed by atoms with Gasteiger partial charge in [-0.25, -0.2) is 0 Å². The predicted octanol–water partition coefficient (Wildman–Crippen LogP) is 5.27. The number of anilines is 1. The fraction of sp³-hybridized carbons (Fsp3) is 0.310. The molecule has 2 amide bonds. The topological polar surface area (TPSA) is 67.9 Å². The first kappa shape index (κ1) is 23.0. The van der Waals surface area contributed by atoms with Gasteiger partial charge in [-0.3, -0.25) is 9.59 Å². The molecule has 6 heteroatoms. The van der Waals surface area contributed by atoms with E-state index in [0.29, 0.717) is 43.2 Å². The molecule has 0 bridgehead atoms. The van der Waals surface area contributed by atoms with Gasteiger partial charge in [-0.15, -0.1) is 0 Å². The minimum Gasteiger partial charge on any atom is -0.490 e. The van der Waals surface area contributed by atoms with Crippen LogP contribution < -0.4 is 14.8 Å². The molecule has 0 aliphatic carbocycles. The second-order valence-corrected chi connectivity index (χ2v) is 8.93. The fourth-order valence-electron chi connectivity index (χ4n) is 5.28. The van der Waals surface area contributed by atoms with Gasteiger partial charge in [0.25, 0.3) is 5.91 Å². The third kappa shape index (κ3) is 4.03. The Hall–Kier alpha value is -3.80. The third-order valence-corrected chi connectivity index (χ3v) is 6.87. The molecule has 2 atom stereocenters. The van der Waals surface area contributed by atoms with Gasteiger partial charge in [0.15, 0.2) is 11.5 Å². The van der Waals surface area contributed by atoms with Crippen LogP contribution in [0.4, 0.5) is 5.69 Å². The van der Waals surface area contributed by atoms with Crippen molar-refractivity contribution in [2.24, 2.45) is 0 Å². The molecule has 3 aromatic carbocycles. The number of para-hydroxylation sites is 1. The molecular formula is C29H30N2O4. The Bertz CT molecular complexity index is 1290. The summed E-state index contributed by atoms with van der Waals surface area (Å²) in [6.45, 7) is 7.41.